The van der Waals surface area contributed by atoms with Gasteiger partial charge >= 0.3 is 0 Å². The fraction of sp³-hybridized carbons (Fsp3) is 0.571. The number of rotatable bonds is 4. The van der Waals surface area contributed by atoms with Crippen LogP contribution in [0.5, 0.6) is 0 Å². The van der Waals surface area contributed by atoms with Crippen molar-refractivity contribution in [2.45, 2.75) is 25.4 Å². The molecule has 2 heterocycles. The van der Waals surface area contributed by atoms with Gasteiger partial charge in [-0.3, -0.25) is 9.59 Å². The summed E-state index contributed by atoms with van der Waals surface area (Å²) in [4.78, 5) is 28.1. The van der Waals surface area contributed by atoms with E-state index >= 15 is 0 Å². The first-order valence-electron chi connectivity index (χ1n) is 6.87. The van der Waals surface area contributed by atoms with Crippen LogP contribution in [0.1, 0.15) is 12.8 Å². The zero-order valence-corrected chi connectivity index (χ0v) is 12.1. The highest BCUT2D eigenvalue weighted by molar-refractivity contribution is 5.76. The van der Waals surface area contributed by atoms with Gasteiger partial charge in [0.25, 0.3) is 5.56 Å². The molecule has 1 aliphatic heterocycles. The van der Waals surface area contributed by atoms with Crippen LogP contribution < -0.4 is 11.3 Å². The molecule has 1 aliphatic rings. The van der Waals surface area contributed by atoms with E-state index in [1.165, 1.54) is 16.8 Å². The zero-order valence-electron chi connectivity index (χ0n) is 12.1. The molecule has 0 spiro atoms. The van der Waals surface area contributed by atoms with Crippen molar-refractivity contribution in [3.05, 3.63) is 28.7 Å². The number of likely N-dealkylation sites (N-methyl/N-ethyl adjacent to an activating group) is 1. The highest BCUT2D eigenvalue weighted by Crippen LogP contribution is 2.18. The maximum atomic E-state index is 12.4. The quantitative estimate of drug-likeness (QED) is 0.840. The molecule has 0 saturated carbocycles. The van der Waals surface area contributed by atoms with Crippen LogP contribution in [-0.2, 0) is 11.3 Å². The molecule has 1 atom stereocenters. The van der Waals surface area contributed by atoms with E-state index in [1.54, 1.807) is 6.07 Å². The lowest BCUT2D eigenvalue weighted by molar-refractivity contribution is -0.132. The third-order valence-corrected chi connectivity index (χ3v) is 3.59. The van der Waals surface area contributed by atoms with E-state index in [4.69, 9.17) is 5.73 Å². The molecule has 1 fully saturated rings. The van der Waals surface area contributed by atoms with Gasteiger partial charge in [-0.15, -0.1) is 0 Å². The number of nitrogen functional groups attached to an aromatic ring is 1. The van der Waals surface area contributed by atoms with Gasteiger partial charge in [-0.1, -0.05) is 0 Å². The summed E-state index contributed by atoms with van der Waals surface area (Å²) in [5.41, 5.74) is 5.95. The number of hydrogen-bond acceptors (Lipinski definition) is 4. The van der Waals surface area contributed by atoms with Crippen molar-refractivity contribution >= 4 is 11.6 Å². The van der Waals surface area contributed by atoms with E-state index in [1.807, 2.05) is 19.0 Å². The number of hydrogen-bond donors (Lipinski definition) is 1. The molecule has 0 bridgehead atoms. The van der Waals surface area contributed by atoms with E-state index in [0.717, 1.165) is 25.9 Å². The molecule has 1 saturated heterocycles. The molecule has 1 unspecified atom stereocenters. The minimum atomic E-state index is -0.198. The lowest BCUT2D eigenvalue weighted by Gasteiger charge is -2.27. The van der Waals surface area contributed by atoms with Crippen molar-refractivity contribution in [1.29, 1.82) is 0 Å². The summed E-state index contributed by atoms with van der Waals surface area (Å²) in [7, 11) is 4.01. The third-order valence-electron chi connectivity index (χ3n) is 3.59. The Bertz CT molecular complexity index is 538. The monoisotopic (exact) mass is 278 g/mol. The minimum absolute atomic E-state index is 0.0120. The van der Waals surface area contributed by atoms with Crippen LogP contribution in [0.2, 0.25) is 0 Å². The molecule has 6 nitrogen and oxygen atoms in total. The van der Waals surface area contributed by atoms with E-state index < -0.39 is 0 Å². The maximum Gasteiger partial charge on any atom is 0.251 e. The second-order valence-electron chi connectivity index (χ2n) is 5.57. The summed E-state index contributed by atoms with van der Waals surface area (Å²) in [6, 6.07) is 3.19. The fourth-order valence-corrected chi connectivity index (χ4v) is 2.69. The van der Waals surface area contributed by atoms with Crippen LogP contribution in [0.4, 0.5) is 5.69 Å². The molecule has 1 aromatic rings. The minimum Gasteiger partial charge on any atom is -0.398 e. The van der Waals surface area contributed by atoms with Crippen LogP contribution in [-0.4, -0.2) is 53.5 Å². The molecule has 0 aromatic carbocycles. The van der Waals surface area contributed by atoms with Crippen molar-refractivity contribution < 1.29 is 4.79 Å². The number of carbonyl (C=O) groups is 1. The van der Waals surface area contributed by atoms with Gasteiger partial charge < -0.3 is 20.1 Å². The number of nitrogens with zero attached hydrogens (tertiary/aromatic N) is 3. The Morgan fingerprint density at radius 2 is 2.20 bits per heavy atom. The molecular weight excluding hydrogens is 256 g/mol. The van der Waals surface area contributed by atoms with Gasteiger partial charge in [-0.2, -0.15) is 0 Å². The Morgan fingerprint density at radius 1 is 1.45 bits per heavy atom. The number of carbonyl (C=O) groups excluding carboxylic acids is 1. The molecule has 20 heavy (non-hydrogen) atoms. The van der Waals surface area contributed by atoms with Crippen LogP contribution in [0, 0.1) is 0 Å². The number of nitrogens with two attached hydrogens (primary N) is 1. The molecule has 0 aliphatic carbocycles. The molecule has 1 aromatic heterocycles. The molecule has 2 rings (SSSR count). The summed E-state index contributed by atoms with van der Waals surface area (Å²) >= 11 is 0. The van der Waals surface area contributed by atoms with Crippen molar-refractivity contribution in [3.8, 4) is 0 Å². The first-order valence-corrected chi connectivity index (χ1v) is 6.87. The summed E-state index contributed by atoms with van der Waals surface area (Å²) in [5, 5.41) is 0. The number of anilines is 1. The van der Waals surface area contributed by atoms with Crippen LogP contribution in [0.3, 0.4) is 0 Å². The Morgan fingerprint density at radius 3 is 2.90 bits per heavy atom. The zero-order chi connectivity index (χ0) is 14.7. The predicted molar refractivity (Wildman–Crippen MR) is 78.4 cm³/mol. The van der Waals surface area contributed by atoms with Gasteiger partial charge in [0, 0.05) is 37.1 Å². The van der Waals surface area contributed by atoms with E-state index in [9.17, 15) is 9.59 Å². The van der Waals surface area contributed by atoms with Crippen molar-refractivity contribution in [3.63, 3.8) is 0 Å². The lowest BCUT2D eigenvalue weighted by atomic mass is 10.2. The topological polar surface area (TPSA) is 71.6 Å². The predicted octanol–water partition coefficient (Wildman–Crippen LogP) is -0.0169. The number of pyridine rings is 1. The van der Waals surface area contributed by atoms with Gasteiger partial charge in [0.15, 0.2) is 0 Å². The smallest absolute Gasteiger partial charge is 0.251 e. The molecule has 2 N–H and O–H groups in total. The highest BCUT2D eigenvalue weighted by Gasteiger charge is 2.28. The number of amides is 1. The second kappa shape index (κ2) is 6.09. The Labute approximate surface area is 118 Å². The molecule has 6 heteroatoms. The van der Waals surface area contributed by atoms with E-state index in [2.05, 4.69) is 4.90 Å². The lowest BCUT2D eigenvalue weighted by Crippen LogP contribution is -2.43. The fourth-order valence-electron chi connectivity index (χ4n) is 2.69. The summed E-state index contributed by atoms with van der Waals surface area (Å²) < 4.78 is 1.38. The summed E-state index contributed by atoms with van der Waals surface area (Å²) in [6.07, 6.45) is 3.57. The molecule has 110 valence electrons. The van der Waals surface area contributed by atoms with Gasteiger partial charge in [0.1, 0.15) is 6.54 Å². The van der Waals surface area contributed by atoms with E-state index in [0.29, 0.717) is 5.69 Å². The van der Waals surface area contributed by atoms with Gasteiger partial charge in [-0.25, -0.2) is 0 Å². The Hall–Kier alpha value is -1.82. The van der Waals surface area contributed by atoms with Gasteiger partial charge in [0.05, 0.1) is 0 Å². The van der Waals surface area contributed by atoms with Crippen LogP contribution in [0.15, 0.2) is 23.1 Å². The second-order valence-corrected chi connectivity index (χ2v) is 5.57. The first-order chi connectivity index (χ1) is 9.47. The van der Waals surface area contributed by atoms with E-state index in [-0.39, 0.29) is 24.1 Å². The Kier molecular flexibility index (Phi) is 4.44. The van der Waals surface area contributed by atoms with Crippen molar-refractivity contribution in [2.24, 2.45) is 0 Å². The Balaban J connectivity index is 2.07. The first kappa shape index (κ1) is 14.6. The summed E-state index contributed by atoms with van der Waals surface area (Å²) in [6.45, 7) is 1.69. The van der Waals surface area contributed by atoms with Crippen LogP contribution >= 0.6 is 0 Å². The van der Waals surface area contributed by atoms with Crippen molar-refractivity contribution in [2.75, 3.05) is 32.9 Å². The normalized spacial score (nSPS) is 18.8. The van der Waals surface area contributed by atoms with Gasteiger partial charge in [0.2, 0.25) is 5.91 Å². The maximum absolute atomic E-state index is 12.4. The van der Waals surface area contributed by atoms with Crippen molar-refractivity contribution in [1.82, 2.24) is 14.4 Å². The average molecular weight is 278 g/mol. The largest absolute Gasteiger partial charge is 0.398 e. The molecule has 1 amide bonds. The SMILES string of the molecule is CN(C)CC1CCCN1C(=O)Cn1cc(N)ccc1=O. The van der Waals surface area contributed by atoms with Gasteiger partial charge in [-0.05, 0) is 33.0 Å². The number of likely N-dealkylation sites (tertiary alicyclic amines) is 1. The molecular formula is C14H22N4O2. The highest BCUT2D eigenvalue weighted by atomic mass is 16.2. The van der Waals surface area contributed by atoms with Crippen LogP contribution in [0.25, 0.3) is 0 Å². The number of aromatic nitrogens is 1. The average Bonchev–Trinajstić information content (AvgIpc) is 2.81. The standard InChI is InChI=1S/C14H22N4O2/c1-16(2)9-12-4-3-7-18(12)14(20)10-17-8-11(15)5-6-13(17)19/h5-6,8,12H,3-4,7,9-10,15H2,1-2H3. The third kappa shape index (κ3) is 3.39. The molecule has 0 radical (unpaired) electrons. The summed E-state index contributed by atoms with van der Waals surface area (Å²) in [5.74, 6) is -0.0120.